The number of thioether (sulfide) groups is 1. The first kappa shape index (κ1) is 11.7. The van der Waals surface area contributed by atoms with Crippen LogP contribution in [0.1, 0.15) is 13.3 Å². The fourth-order valence-corrected chi connectivity index (χ4v) is 2.16. The van der Waals surface area contributed by atoms with E-state index in [0.717, 1.165) is 33.2 Å². The molecule has 0 unspecified atom stereocenters. The number of aromatic nitrogens is 3. The number of H-pyrrole nitrogens is 1. The standard InChI is InChI=1S/C11H12BrN3S/c1-2-7-16-11-13-10(14-15-11)8-3-5-9(12)6-4-8/h3-6H,2,7H2,1H3,(H,13,14,15). The van der Waals surface area contributed by atoms with Crippen LogP contribution < -0.4 is 0 Å². The Hall–Kier alpha value is -0.810. The predicted molar refractivity (Wildman–Crippen MR) is 70.5 cm³/mol. The SMILES string of the molecule is CCCSc1n[nH]c(-c2ccc(Br)cc2)n1. The molecule has 2 aromatic rings. The summed E-state index contributed by atoms with van der Waals surface area (Å²) in [7, 11) is 0. The van der Waals surface area contributed by atoms with Crippen molar-refractivity contribution in [2.75, 3.05) is 5.75 Å². The molecule has 0 amide bonds. The molecule has 3 nitrogen and oxygen atoms in total. The zero-order chi connectivity index (χ0) is 11.4. The van der Waals surface area contributed by atoms with Crippen molar-refractivity contribution >= 4 is 27.7 Å². The summed E-state index contributed by atoms with van der Waals surface area (Å²) < 4.78 is 1.07. The molecule has 1 aromatic heterocycles. The van der Waals surface area contributed by atoms with Crippen LogP contribution in [0.4, 0.5) is 0 Å². The fourth-order valence-electron chi connectivity index (χ4n) is 1.24. The van der Waals surface area contributed by atoms with Crippen molar-refractivity contribution in [2.24, 2.45) is 0 Å². The summed E-state index contributed by atoms with van der Waals surface area (Å²) in [5.74, 6) is 1.88. The van der Waals surface area contributed by atoms with Crippen molar-refractivity contribution in [1.29, 1.82) is 0 Å². The molecule has 0 aliphatic heterocycles. The Balaban J connectivity index is 2.15. The highest BCUT2D eigenvalue weighted by Crippen LogP contribution is 2.21. The number of nitrogens with zero attached hydrogens (tertiary/aromatic N) is 2. The van der Waals surface area contributed by atoms with E-state index in [1.807, 2.05) is 24.3 Å². The maximum absolute atomic E-state index is 4.43. The van der Waals surface area contributed by atoms with E-state index in [2.05, 4.69) is 38.0 Å². The molecule has 0 spiro atoms. The first-order valence-corrected chi connectivity index (χ1v) is 6.88. The van der Waals surface area contributed by atoms with Crippen LogP contribution in [0.2, 0.25) is 0 Å². The first-order valence-electron chi connectivity index (χ1n) is 5.10. The molecular weight excluding hydrogens is 286 g/mol. The number of aromatic amines is 1. The molecule has 0 atom stereocenters. The van der Waals surface area contributed by atoms with Gasteiger partial charge in [-0.1, -0.05) is 46.7 Å². The molecule has 0 saturated carbocycles. The average molecular weight is 298 g/mol. The van der Waals surface area contributed by atoms with Crippen LogP contribution in [0, 0.1) is 0 Å². The molecule has 84 valence electrons. The molecule has 0 aliphatic carbocycles. The van der Waals surface area contributed by atoms with Crippen LogP contribution in [0.25, 0.3) is 11.4 Å². The second-order valence-electron chi connectivity index (χ2n) is 3.32. The highest BCUT2D eigenvalue weighted by atomic mass is 79.9. The Morgan fingerprint density at radius 3 is 2.75 bits per heavy atom. The minimum absolute atomic E-state index is 0.819. The molecule has 0 bridgehead atoms. The third-order valence-corrected chi connectivity index (χ3v) is 3.60. The Morgan fingerprint density at radius 2 is 2.06 bits per heavy atom. The van der Waals surface area contributed by atoms with Gasteiger partial charge < -0.3 is 0 Å². The van der Waals surface area contributed by atoms with Crippen molar-refractivity contribution in [3.05, 3.63) is 28.7 Å². The van der Waals surface area contributed by atoms with Crippen molar-refractivity contribution in [3.8, 4) is 11.4 Å². The van der Waals surface area contributed by atoms with E-state index in [-0.39, 0.29) is 0 Å². The Bertz CT molecular complexity index is 453. The second-order valence-corrected chi connectivity index (χ2v) is 5.30. The van der Waals surface area contributed by atoms with Gasteiger partial charge in [0.1, 0.15) is 0 Å². The van der Waals surface area contributed by atoms with Gasteiger partial charge in [0.15, 0.2) is 5.82 Å². The van der Waals surface area contributed by atoms with Gasteiger partial charge in [-0.25, -0.2) is 4.98 Å². The lowest BCUT2D eigenvalue weighted by Crippen LogP contribution is -1.80. The summed E-state index contributed by atoms with van der Waals surface area (Å²) in [6.45, 7) is 2.15. The molecule has 1 aromatic carbocycles. The van der Waals surface area contributed by atoms with E-state index in [1.54, 1.807) is 11.8 Å². The smallest absolute Gasteiger partial charge is 0.208 e. The molecule has 0 aliphatic rings. The van der Waals surface area contributed by atoms with E-state index in [9.17, 15) is 0 Å². The van der Waals surface area contributed by atoms with Crippen LogP contribution in [0.15, 0.2) is 33.9 Å². The van der Waals surface area contributed by atoms with Crippen molar-refractivity contribution in [3.63, 3.8) is 0 Å². The Kier molecular flexibility index (Phi) is 4.01. The lowest BCUT2D eigenvalue weighted by molar-refractivity contribution is 0.968. The molecule has 2 rings (SSSR count). The Labute approximate surface area is 107 Å². The number of nitrogens with one attached hydrogen (secondary N) is 1. The van der Waals surface area contributed by atoms with Crippen molar-refractivity contribution in [2.45, 2.75) is 18.5 Å². The molecule has 1 N–H and O–H groups in total. The zero-order valence-corrected chi connectivity index (χ0v) is 11.3. The molecule has 0 saturated heterocycles. The largest absolute Gasteiger partial charge is 0.258 e. The monoisotopic (exact) mass is 297 g/mol. The van der Waals surface area contributed by atoms with E-state index >= 15 is 0 Å². The molecule has 1 heterocycles. The van der Waals surface area contributed by atoms with E-state index in [0.29, 0.717) is 0 Å². The van der Waals surface area contributed by atoms with Gasteiger partial charge in [0, 0.05) is 15.8 Å². The van der Waals surface area contributed by atoms with Crippen LogP contribution in [-0.4, -0.2) is 20.9 Å². The third-order valence-electron chi connectivity index (χ3n) is 2.02. The van der Waals surface area contributed by atoms with Gasteiger partial charge in [0.2, 0.25) is 5.16 Å². The van der Waals surface area contributed by atoms with Crippen LogP contribution in [-0.2, 0) is 0 Å². The zero-order valence-electron chi connectivity index (χ0n) is 8.90. The summed E-state index contributed by atoms with van der Waals surface area (Å²) in [6, 6.07) is 8.02. The molecule has 5 heteroatoms. The summed E-state index contributed by atoms with van der Waals surface area (Å²) in [5, 5.41) is 7.94. The fraction of sp³-hybridized carbons (Fsp3) is 0.273. The number of hydrogen-bond donors (Lipinski definition) is 1. The van der Waals surface area contributed by atoms with Gasteiger partial charge in [-0.3, -0.25) is 5.10 Å². The Morgan fingerprint density at radius 1 is 1.31 bits per heavy atom. The number of hydrogen-bond acceptors (Lipinski definition) is 3. The molecule has 0 radical (unpaired) electrons. The quantitative estimate of drug-likeness (QED) is 0.874. The lowest BCUT2D eigenvalue weighted by Gasteiger charge is -1.95. The lowest BCUT2D eigenvalue weighted by atomic mass is 10.2. The minimum atomic E-state index is 0.819. The van der Waals surface area contributed by atoms with Crippen LogP contribution in [0.5, 0.6) is 0 Å². The number of rotatable bonds is 4. The average Bonchev–Trinajstić information content (AvgIpc) is 2.76. The number of halogens is 1. The predicted octanol–water partition coefficient (Wildman–Crippen LogP) is 3.74. The topological polar surface area (TPSA) is 41.6 Å². The van der Waals surface area contributed by atoms with E-state index in [4.69, 9.17) is 0 Å². The minimum Gasteiger partial charge on any atom is -0.258 e. The maximum Gasteiger partial charge on any atom is 0.208 e. The maximum atomic E-state index is 4.43. The highest BCUT2D eigenvalue weighted by Gasteiger charge is 2.05. The van der Waals surface area contributed by atoms with Crippen LogP contribution in [0.3, 0.4) is 0 Å². The summed E-state index contributed by atoms with van der Waals surface area (Å²) in [5.41, 5.74) is 1.05. The third kappa shape index (κ3) is 2.86. The van der Waals surface area contributed by atoms with Gasteiger partial charge in [-0.2, -0.15) is 0 Å². The molecule has 0 fully saturated rings. The van der Waals surface area contributed by atoms with Gasteiger partial charge in [0.05, 0.1) is 0 Å². The summed E-state index contributed by atoms with van der Waals surface area (Å²) in [6.07, 6.45) is 1.13. The van der Waals surface area contributed by atoms with E-state index in [1.165, 1.54) is 0 Å². The van der Waals surface area contributed by atoms with E-state index < -0.39 is 0 Å². The molecular formula is C11H12BrN3S. The van der Waals surface area contributed by atoms with Gasteiger partial charge in [-0.05, 0) is 18.6 Å². The summed E-state index contributed by atoms with van der Waals surface area (Å²) in [4.78, 5) is 4.43. The second kappa shape index (κ2) is 5.50. The van der Waals surface area contributed by atoms with Gasteiger partial charge in [-0.15, -0.1) is 5.10 Å². The number of benzene rings is 1. The van der Waals surface area contributed by atoms with Gasteiger partial charge >= 0.3 is 0 Å². The van der Waals surface area contributed by atoms with Gasteiger partial charge in [0.25, 0.3) is 0 Å². The highest BCUT2D eigenvalue weighted by molar-refractivity contribution is 9.10. The molecule has 16 heavy (non-hydrogen) atoms. The normalized spacial score (nSPS) is 10.6. The summed E-state index contributed by atoms with van der Waals surface area (Å²) >= 11 is 5.08. The van der Waals surface area contributed by atoms with Crippen molar-refractivity contribution < 1.29 is 0 Å². The van der Waals surface area contributed by atoms with Crippen LogP contribution >= 0.6 is 27.7 Å². The van der Waals surface area contributed by atoms with Crippen molar-refractivity contribution in [1.82, 2.24) is 15.2 Å². The first-order chi connectivity index (χ1) is 7.79.